The minimum Gasteiger partial charge on any atom is -0.396 e. The summed E-state index contributed by atoms with van der Waals surface area (Å²) in [6.07, 6.45) is 0.959. The van der Waals surface area contributed by atoms with E-state index in [1.165, 1.54) is 5.56 Å². The van der Waals surface area contributed by atoms with E-state index >= 15 is 0 Å². The molecule has 4 nitrogen and oxygen atoms in total. The standard InChI is InChI=1S/C18H23NO3/c20-8-1-2-15-3-5-16(6-4-15)10-19-11-17-12-22-9-7-18(17,13-19)14-21/h3-6,17,20-21H,7-14H2/t17-,18-/m1/s1. The highest BCUT2D eigenvalue weighted by Gasteiger charge is 2.47. The van der Waals surface area contributed by atoms with E-state index in [0.29, 0.717) is 5.92 Å². The molecule has 3 rings (SSSR count). The summed E-state index contributed by atoms with van der Waals surface area (Å²) in [6, 6.07) is 8.16. The molecule has 0 amide bonds. The van der Waals surface area contributed by atoms with Crippen molar-refractivity contribution in [3.05, 3.63) is 35.4 Å². The summed E-state index contributed by atoms with van der Waals surface area (Å²) >= 11 is 0. The van der Waals surface area contributed by atoms with Gasteiger partial charge in [-0.25, -0.2) is 0 Å². The summed E-state index contributed by atoms with van der Waals surface area (Å²) in [7, 11) is 0. The lowest BCUT2D eigenvalue weighted by atomic mass is 9.75. The molecule has 0 bridgehead atoms. The zero-order valence-corrected chi connectivity index (χ0v) is 12.8. The van der Waals surface area contributed by atoms with E-state index in [2.05, 4.69) is 28.9 Å². The Bertz CT molecular complexity index is 560. The molecule has 1 aromatic rings. The zero-order valence-electron chi connectivity index (χ0n) is 12.8. The quantitative estimate of drug-likeness (QED) is 0.813. The average molecular weight is 301 g/mol. The monoisotopic (exact) mass is 301 g/mol. The van der Waals surface area contributed by atoms with E-state index in [-0.39, 0.29) is 18.6 Å². The summed E-state index contributed by atoms with van der Waals surface area (Å²) in [5.41, 5.74) is 2.21. The van der Waals surface area contributed by atoms with Crippen LogP contribution in [-0.2, 0) is 11.3 Å². The van der Waals surface area contributed by atoms with Gasteiger partial charge >= 0.3 is 0 Å². The van der Waals surface area contributed by atoms with Crippen molar-refractivity contribution in [2.75, 3.05) is 39.5 Å². The van der Waals surface area contributed by atoms with Gasteiger partial charge in [0.25, 0.3) is 0 Å². The van der Waals surface area contributed by atoms with Gasteiger partial charge in [0.2, 0.25) is 0 Å². The smallest absolute Gasteiger partial charge is 0.104 e. The molecule has 0 spiro atoms. The molecule has 2 saturated heterocycles. The summed E-state index contributed by atoms with van der Waals surface area (Å²) in [6.45, 7) is 4.52. The number of ether oxygens (including phenoxy) is 1. The molecule has 4 heteroatoms. The van der Waals surface area contributed by atoms with Gasteiger partial charge in [-0.15, -0.1) is 0 Å². The van der Waals surface area contributed by atoms with Crippen LogP contribution in [0.5, 0.6) is 0 Å². The number of aliphatic hydroxyl groups excluding tert-OH is 2. The molecule has 22 heavy (non-hydrogen) atoms. The molecule has 2 N–H and O–H groups in total. The van der Waals surface area contributed by atoms with Gasteiger partial charge < -0.3 is 14.9 Å². The van der Waals surface area contributed by atoms with Gasteiger partial charge in [-0.2, -0.15) is 0 Å². The zero-order chi connectivity index (χ0) is 15.4. The first-order valence-corrected chi connectivity index (χ1v) is 7.85. The van der Waals surface area contributed by atoms with Crippen LogP contribution in [0.4, 0.5) is 0 Å². The summed E-state index contributed by atoms with van der Waals surface area (Å²) in [5.74, 6) is 6.01. The molecule has 0 saturated carbocycles. The molecular weight excluding hydrogens is 278 g/mol. The molecule has 2 atom stereocenters. The van der Waals surface area contributed by atoms with E-state index in [9.17, 15) is 5.11 Å². The number of hydrogen-bond donors (Lipinski definition) is 2. The predicted molar refractivity (Wildman–Crippen MR) is 84.1 cm³/mol. The Morgan fingerprint density at radius 3 is 2.77 bits per heavy atom. The Morgan fingerprint density at radius 2 is 2.09 bits per heavy atom. The highest BCUT2D eigenvalue weighted by Crippen LogP contribution is 2.42. The third-order valence-corrected chi connectivity index (χ3v) is 4.93. The molecule has 1 aromatic carbocycles. The van der Waals surface area contributed by atoms with Gasteiger partial charge in [0, 0.05) is 43.1 Å². The van der Waals surface area contributed by atoms with Crippen LogP contribution in [0, 0.1) is 23.2 Å². The largest absolute Gasteiger partial charge is 0.396 e. The van der Waals surface area contributed by atoms with Crippen LogP contribution in [0.3, 0.4) is 0 Å². The Morgan fingerprint density at radius 1 is 1.27 bits per heavy atom. The summed E-state index contributed by atoms with van der Waals surface area (Å²) in [4.78, 5) is 2.42. The van der Waals surface area contributed by atoms with Crippen LogP contribution in [0.2, 0.25) is 0 Å². The molecule has 0 aliphatic carbocycles. The van der Waals surface area contributed by atoms with E-state index in [1.807, 2.05) is 12.1 Å². The van der Waals surface area contributed by atoms with Crippen LogP contribution < -0.4 is 0 Å². The fourth-order valence-corrected chi connectivity index (χ4v) is 3.63. The maximum Gasteiger partial charge on any atom is 0.104 e. The first-order chi connectivity index (χ1) is 10.8. The Hall–Kier alpha value is -1.38. The van der Waals surface area contributed by atoms with Gasteiger partial charge in [-0.05, 0) is 24.1 Å². The normalized spacial score (nSPS) is 28.0. The highest BCUT2D eigenvalue weighted by atomic mass is 16.5. The first kappa shape index (κ1) is 15.5. The number of likely N-dealkylation sites (tertiary alicyclic amines) is 1. The van der Waals surface area contributed by atoms with Crippen LogP contribution in [0.15, 0.2) is 24.3 Å². The number of aliphatic hydroxyl groups is 2. The number of nitrogens with zero attached hydrogens (tertiary/aromatic N) is 1. The second-order valence-corrected chi connectivity index (χ2v) is 6.37. The first-order valence-electron chi connectivity index (χ1n) is 7.85. The van der Waals surface area contributed by atoms with E-state index < -0.39 is 0 Å². The van der Waals surface area contributed by atoms with Gasteiger partial charge in [-0.3, -0.25) is 4.90 Å². The minimum atomic E-state index is -0.109. The van der Waals surface area contributed by atoms with Crippen molar-refractivity contribution < 1.29 is 14.9 Å². The molecule has 0 unspecified atom stereocenters. The number of fused-ring (bicyclic) bond motifs is 1. The molecule has 2 aliphatic rings. The third-order valence-electron chi connectivity index (χ3n) is 4.93. The summed E-state index contributed by atoms with van der Waals surface area (Å²) in [5, 5.41) is 18.5. The van der Waals surface area contributed by atoms with Crippen LogP contribution in [-0.4, -0.2) is 54.6 Å². The van der Waals surface area contributed by atoms with Crippen molar-refractivity contribution in [2.24, 2.45) is 11.3 Å². The Labute approximate surface area is 131 Å². The Kier molecular flexibility index (Phi) is 4.80. The number of rotatable bonds is 3. The third kappa shape index (κ3) is 3.18. The maximum atomic E-state index is 9.84. The predicted octanol–water partition coefficient (Wildman–Crippen LogP) is 0.861. The lowest BCUT2D eigenvalue weighted by Gasteiger charge is -2.36. The van der Waals surface area contributed by atoms with Crippen molar-refractivity contribution in [1.82, 2.24) is 4.90 Å². The number of hydrogen-bond acceptors (Lipinski definition) is 4. The molecule has 0 radical (unpaired) electrons. The average Bonchev–Trinajstić information content (AvgIpc) is 2.92. The lowest BCUT2D eigenvalue weighted by molar-refractivity contribution is -0.0417. The van der Waals surface area contributed by atoms with Gasteiger partial charge in [0.15, 0.2) is 0 Å². The van der Waals surface area contributed by atoms with Gasteiger partial charge in [0.1, 0.15) is 6.61 Å². The second kappa shape index (κ2) is 6.80. The molecule has 118 valence electrons. The van der Waals surface area contributed by atoms with E-state index in [0.717, 1.165) is 44.8 Å². The molecular formula is C18H23NO3. The van der Waals surface area contributed by atoms with Crippen molar-refractivity contribution >= 4 is 0 Å². The highest BCUT2D eigenvalue weighted by molar-refractivity contribution is 5.36. The van der Waals surface area contributed by atoms with Gasteiger partial charge in [0.05, 0.1) is 13.2 Å². The molecule has 2 heterocycles. The summed E-state index contributed by atoms with van der Waals surface area (Å²) < 4.78 is 5.59. The molecule has 0 aromatic heterocycles. The lowest BCUT2D eigenvalue weighted by Crippen LogP contribution is -2.41. The minimum absolute atomic E-state index is 0.0325. The van der Waals surface area contributed by atoms with Crippen LogP contribution in [0.25, 0.3) is 0 Å². The van der Waals surface area contributed by atoms with E-state index in [4.69, 9.17) is 9.84 Å². The molecule has 2 aliphatic heterocycles. The Balaban J connectivity index is 1.64. The number of benzene rings is 1. The van der Waals surface area contributed by atoms with Gasteiger partial charge in [-0.1, -0.05) is 24.0 Å². The van der Waals surface area contributed by atoms with Crippen molar-refractivity contribution in [1.29, 1.82) is 0 Å². The maximum absolute atomic E-state index is 9.84. The topological polar surface area (TPSA) is 52.9 Å². The molecule has 2 fully saturated rings. The van der Waals surface area contributed by atoms with Crippen LogP contribution >= 0.6 is 0 Å². The van der Waals surface area contributed by atoms with E-state index in [1.54, 1.807) is 0 Å². The SMILES string of the molecule is OCC#Cc1ccc(CN2C[C@@H]3COCC[C@]3(CO)C2)cc1. The van der Waals surface area contributed by atoms with Crippen molar-refractivity contribution in [2.45, 2.75) is 13.0 Å². The van der Waals surface area contributed by atoms with Crippen molar-refractivity contribution in [3.8, 4) is 11.8 Å². The fourth-order valence-electron chi connectivity index (χ4n) is 3.63. The fraction of sp³-hybridized carbons (Fsp3) is 0.556. The second-order valence-electron chi connectivity index (χ2n) is 6.37. The van der Waals surface area contributed by atoms with Crippen LogP contribution in [0.1, 0.15) is 17.5 Å². The van der Waals surface area contributed by atoms with Crippen molar-refractivity contribution in [3.63, 3.8) is 0 Å².